The van der Waals surface area contributed by atoms with Crippen LogP contribution in [0.25, 0.3) is 11.3 Å². The molecule has 3 rings (SSSR count). The number of methoxy groups -OCH3 is 1. The lowest BCUT2D eigenvalue weighted by Gasteiger charge is -2.19. The summed E-state index contributed by atoms with van der Waals surface area (Å²) < 4.78 is 19.4. The van der Waals surface area contributed by atoms with Crippen LogP contribution in [0.3, 0.4) is 0 Å². The first-order valence-corrected chi connectivity index (χ1v) is 9.51. The lowest BCUT2D eigenvalue weighted by Crippen LogP contribution is -2.22. The van der Waals surface area contributed by atoms with Crippen LogP contribution in [0.4, 0.5) is 4.39 Å². The minimum absolute atomic E-state index is 0.0660. The Kier molecular flexibility index (Phi) is 6.93. The minimum atomic E-state index is -0.364. The van der Waals surface area contributed by atoms with Crippen molar-refractivity contribution in [1.29, 1.82) is 0 Å². The number of ether oxygens (including phenoxy) is 1. The molecular formula is C24H24FN3O2. The van der Waals surface area contributed by atoms with Crippen molar-refractivity contribution in [2.45, 2.75) is 6.92 Å². The molecule has 0 bridgehead atoms. The summed E-state index contributed by atoms with van der Waals surface area (Å²) in [5, 5.41) is 14.1. The standard InChI is InChI=1S/C24H24FN3O2/c1-16(18-7-6-10-26-15-18)28-24-21(17(2)27-11-12-30-3)13-19(14-23(24)29)20-8-4-5-9-22(20)25/h4-10,13-15,27,29H,1,11-12H2,2-3H3/b21-17+,28-24+. The van der Waals surface area contributed by atoms with Gasteiger partial charge in [-0.25, -0.2) is 9.38 Å². The first kappa shape index (κ1) is 21.2. The molecule has 0 atom stereocenters. The molecule has 154 valence electrons. The number of aromatic nitrogens is 1. The maximum Gasteiger partial charge on any atom is 0.142 e. The van der Waals surface area contributed by atoms with Crippen LogP contribution in [0.1, 0.15) is 18.1 Å². The van der Waals surface area contributed by atoms with Crippen molar-refractivity contribution in [3.63, 3.8) is 0 Å². The first-order valence-electron chi connectivity index (χ1n) is 9.51. The Morgan fingerprint density at radius 1 is 1.23 bits per heavy atom. The molecule has 5 nitrogen and oxygen atoms in total. The maximum atomic E-state index is 14.4. The SMILES string of the molecule is C=C(/N=C1/C(O)=CC(c2ccccc2F)=C/C1=C(/C)NCCOC)c1cccnc1. The van der Waals surface area contributed by atoms with Gasteiger partial charge in [-0.05, 0) is 42.8 Å². The van der Waals surface area contributed by atoms with E-state index in [1.165, 1.54) is 12.1 Å². The van der Waals surface area contributed by atoms with E-state index in [2.05, 4.69) is 21.9 Å². The van der Waals surface area contributed by atoms with Crippen molar-refractivity contribution in [3.05, 3.63) is 101 Å². The zero-order valence-corrected chi connectivity index (χ0v) is 17.0. The fourth-order valence-corrected chi connectivity index (χ4v) is 3.04. The molecule has 1 aliphatic rings. The lowest BCUT2D eigenvalue weighted by atomic mass is 9.92. The highest BCUT2D eigenvalue weighted by Gasteiger charge is 2.21. The van der Waals surface area contributed by atoms with Gasteiger partial charge in [-0.1, -0.05) is 24.8 Å². The Morgan fingerprint density at radius 3 is 2.73 bits per heavy atom. The third-order valence-corrected chi connectivity index (χ3v) is 4.62. The van der Waals surface area contributed by atoms with Gasteiger partial charge in [-0.3, -0.25) is 4.98 Å². The molecular weight excluding hydrogens is 381 g/mol. The molecule has 6 heteroatoms. The van der Waals surface area contributed by atoms with Gasteiger partial charge in [0.15, 0.2) is 0 Å². The number of benzene rings is 1. The Labute approximate surface area is 175 Å². The molecule has 0 radical (unpaired) electrons. The molecule has 2 aromatic rings. The van der Waals surface area contributed by atoms with E-state index in [1.54, 1.807) is 43.8 Å². The predicted octanol–water partition coefficient (Wildman–Crippen LogP) is 4.68. The topological polar surface area (TPSA) is 66.7 Å². The van der Waals surface area contributed by atoms with Crippen LogP contribution in [0.5, 0.6) is 0 Å². The normalized spacial score (nSPS) is 16.7. The zero-order chi connectivity index (χ0) is 21.5. The molecule has 1 aromatic carbocycles. The lowest BCUT2D eigenvalue weighted by molar-refractivity contribution is 0.202. The number of hydrogen-bond acceptors (Lipinski definition) is 5. The van der Waals surface area contributed by atoms with E-state index < -0.39 is 0 Å². The summed E-state index contributed by atoms with van der Waals surface area (Å²) in [5.41, 5.74) is 3.93. The van der Waals surface area contributed by atoms with E-state index in [0.717, 1.165) is 11.3 Å². The third-order valence-electron chi connectivity index (χ3n) is 4.62. The van der Waals surface area contributed by atoms with Crippen LogP contribution in [-0.2, 0) is 4.74 Å². The van der Waals surface area contributed by atoms with E-state index in [4.69, 9.17) is 4.74 Å². The summed E-state index contributed by atoms with van der Waals surface area (Å²) in [6, 6.07) is 10.1. The highest BCUT2D eigenvalue weighted by Crippen LogP contribution is 2.30. The highest BCUT2D eigenvalue weighted by atomic mass is 19.1. The Bertz CT molecular complexity index is 1050. The van der Waals surface area contributed by atoms with E-state index in [1.807, 2.05) is 19.1 Å². The highest BCUT2D eigenvalue weighted by molar-refractivity contribution is 6.18. The number of pyridine rings is 1. The van der Waals surface area contributed by atoms with Gasteiger partial charge < -0.3 is 15.2 Å². The first-order chi connectivity index (χ1) is 14.5. The van der Waals surface area contributed by atoms with Gasteiger partial charge >= 0.3 is 0 Å². The fourth-order valence-electron chi connectivity index (χ4n) is 3.04. The zero-order valence-electron chi connectivity index (χ0n) is 17.0. The van der Waals surface area contributed by atoms with Crippen LogP contribution >= 0.6 is 0 Å². The summed E-state index contributed by atoms with van der Waals surface area (Å²) in [6.45, 7) is 6.98. The monoisotopic (exact) mass is 405 g/mol. The van der Waals surface area contributed by atoms with Crippen molar-refractivity contribution in [1.82, 2.24) is 10.3 Å². The number of nitrogens with zero attached hydrogens (tertiary/aromatic N) is 2. The van der Waals surface area contributed by atoms with Crippen molar-refractivity contribution in [2.75, 3.05) is 20.3 Å². The molecule has 1 aliphatic carbocycles. The quantitative estimate of drug-likeness (QED) is 0.657. The molecule has 0 saturated heterocycles. The number of hydrogen-bond donors (Lipinski definition) is 2. The number of rotatable bonds is 7. The van der Waals surface area contributed by atoms with Crippen molar-refractivity contribution < 1.29 is 14.2 Å². The van der Waals surface area contributed by atoms with Crippen LogP contribution < -0.4 is 5.32 Å². The van der Waals surface area contributed by atoms with E-state index in [-0.39, 0.29) is 11.6 Å². The summed E-state index contributed by atoms with van der Waals surface area (Å²) in [6.07, 6.45) is 6.65. The van der Waals surface area contributed by atoms with Crippen molar-refractivity contribution in [3.8, 4) is 0 Å². The average molecular weight is 405 g/mol. The van der Waals surface area contributed by atoms with Gasteiger partial charge in [0.05, 0.1) is 12.3 Å². The number of nitrogens with one attached hydrogen (secondary N) is 1. The molecule has 30 heavy (non-hydrogen) atoms. The molecule has 0 spiro atoms. The summed E-state index contributed by atoms with van der Waals surface area (Å²) in [5.74, 6) is -0.430. The van der Waals surface area contributed by atoms with Gasteiger partial charge in [0.2, 0.25) is 0 Å². The van der Waals surface area contributed by atoms with Gasteiger partial charge in [0, 0.05) is 48.4 Å². The predicted molar refractivity (Wildman–Crippen MR) is 118 cm³/mol. The van der Waals surface area contributed by atoms with Crippen molar-refractivity contribution in [2.24, 2.45) is 4.99 Å². The van der Waals surface area contributed by atoms with Gasteiger partial charge in [-0.15, -0.1) is 0 Å². The Morgan fingerprint density at radius 2 is 2.03 bits per heavy atom. The summed E-state index contributed by atoms with van der Waals surface area (Å²) in [7, 11) is 1.63. The Balaban J connectivity index is 2.07. The minimum Gasteiger partial charge on any atom is -0.506 e. The van der Waals surface area contributed by atoms with Crippen LogP contribution in [-0.4, -0.2) is 36.1 Å². The molecule has 1 aromatic heterocycles. The molecule has 0 fully saturated rings. The van der Waals surface area contributed by atoms with E-state index in [9.17, 15) is 9.50 Å². The molecule has 2 N–H and O–H groups in total. The number of allylic oxidation sites excluding steroid dienone is 5. The van der Waals surface area contributed by atoms with Gasteiger partial charge in [0.25, 0.3) is 0 Å². The second-order valence-electron chi connectivity index (χ2n) is 6.72. The van der Waals surface area contributed by atoms with Gasteiger partial charge in [-0.2, -0.15) is 0 Å². The summed E-state index contributed by atoms with van der Waals surface area (Å²) >= 11 is 0. The van der Waals surface area contributed by atoms with Crippen LogP contribution in [0.15, 0.2) is 89.5 Å². The smallest absolute Gasteiger partial charge is 0.142 e. The summed E-state index contributed by atoms with van der Waals surface area (Å²) in [4.78, 5) is 8.65. The molecule has 1 heterocycles. The van der Waals surface area contributed by atoms with E-state index in [0.29, 0.717) is 41.3 Å². The van der Waals surface area contributed by atoms with Crippen molar-refractivity contribution >= 4 is 17.0 Å². The maximum absolute atomic E-state index is 14.4. The van der Waals surface area contributed by atoms with Crippen LogP contribution in [0, 0.1) is 5.82 Å². The second kappa shape index (κ2) is 9.80. The number of aliphatic imine (C=N–C) groups is 1. The van der Waals surface area contributed by atoms with Gasteiger partial charge in [0.1, 0.15) is 17.3 Å². The average Bonchev–Trinajstić information content (AvgIpc) is 2.76. The van der Waals surface area contributed by atoms with Crippen LogP contribution in [0.2, 0.25) is 0 Å². The number of aliphatic hydroxyl groups excluding tert-OH is 1. The van der Waals surface area contributed by atoms with E-state index >= 15 is 0 Å². The molecule has 0 saturated carbocycles. The fraction of sp³-hybridized carbons (Fsp3) is 0.167. The third kappa shape index (κ3) is 4.90. The molecule has 0 aliphatic heterocycles. The number of aliphatic hydroxyl groups is 1. The second-order valence-corrected chi connectivity index (χ2v) is 6.72. The largest absolute Gasteiger partial charge is 0.506 e. The number of halogens is 1. The molecule has 0 amide bonds. The Hall–Kier alpha value is -3.51. The molecule has 0 unspecified atom stereocenters.